The van der Waals surface area contributed by atoms with Crippen LogP contribution in [0.15, 0.2) is 63.9 Å². The zero-order valence-electron chi connectivity index (χ0n) is 19.7. The maximum Gasteiger partial charge on any atom is 0.293 e. The molecule has 1 amide bonds. The van der Waals surface area contributed by atoms with Crippen LogP contribution in [-0.4, -0.2) is 44.0 Å². The van der Waals surface area contributed by atoms with E-state index in [1.165, 1.54) is 17.1 Å². The number of rotatable bonds is 9. The van der Waals surface area contributed by atoms with Gasteiger partial charge in [-0.05, 0) is 23.3 Å². The molecule has 0 radical (unpaired) electrons. The van der Waals surface area contributed by atoms with Crippen molar-refractivity contribution in [1.82, 2.24) is 10.1 Å². The third kappa shape index (κ3) is 5.51. The van der Waals surface area contributed by atoms with E-state index in [-0.39, 0.29) is 18.0 Å². The molecule has 33 heavy (non-hydrogen) atoms. The van der Waals surface area contributed by atoms with E-state index in [1.54, 1.807) is 31.4 Å². The van der Waals surface area contributed by atoms with Gasteiger partial charge >= 0.3 is 0 Å². The number of hydrogen-bond acceptors (Lipinski definition) is 5. The number of methoxy groups -OCH3 is 1. The first-order valence-electron chi connectivity index (χ1n) is 10.9. The number of ether oxygens (including phenoxy) is 1. The van der Waals surface area contributed by atoms with Gasteiger partial charge in [0.1, 0.15) is 11.8 Å². The molecule has 0 aliphatic rings. The fraction of sp³-hybridized carbons (Fsp3) is 0.320. The maximum atomic E-state index is 13.5. The van der Waals surface area contributed by atoms with Crippen LogP contribution in [0.1, 0.15) is 34.6 Å². The molecule has 174 valence electrons. The first-order valence-corrected chi connectivity index (χ1v) is 14.1. The topological polar surface area (TPSA) is 92.6 Å². The van der Waals surface area contributed by atoms with Gasteiger partial charge in [-0.15, -0.1) is 0 Å². The van der Waals surface area contributed by atoms with E-state index < -0.39 is 25.6 Å². The number of ketones is 1. The van der Waals surface area contributed by atoms with E-state index in [9.17, 15) is 14.4 Å². The van der Waals surface area contributed by atoms with Gasteiger partial charge in [-0.25, -0.2) is 0 Å². The number of nitrogens with one attached hydrogen (secondary N) is 1. The monoisotopic (exact) mass is 466 g/mol. The van der Waals surface area contributed by atoms with Crippen molar-refractivity contribution in [3.05, 3.63) is 81.8 Å². The lowest BCUT2D eigenvalue weighted by Gasteiger charge is -2.27. The molecule has 0 bridgehead atoms. The molecule has 3 aromatic rings. The maximum absolute atomic E-state index is 13.5. The van der Waals surface area contributed by atoms with Crippen LogP contribution >= 0.6 is 0 Å². The van der Waals surface area contributed by atoms with Crippen LogP contribution < -0.4 is 15.5 Å². The Morgan fingerprint density at radius 2 is 1.73 bits per heavy atom. The van der Waals surface area contributed by atoms with Crippen LogP contribution in [0.25, 0.3) is 0 Å². The number of aromatic amines is 1. The Morgan fingerprint density at radius 3 is 2.24 bits per heavy atom. The highest BCUT2D eigenvalue weighted by molar-refractivity contribution is 6.89. The Morgan fingerprint density at radius 1 is 1.09 bits per heavy atom. The SMILES string of the molecule is CC[Si](C)(C)c1ccc(CC(=O)C(c2ccc(OC)cc2)N(C)C(=O)c2cc(=O)[nH]o2)cc1. The summed E-state index contributed by atoms with van der Waals surface area (Å²) in [5, 5.41) is 3.46. The summed E-state index contributed by atoms with van der Waals surface area (Å²) in [6, 6.07) is 16.6. The highest BCUT2D eigenvalue weighted by Crippen LogP contribution is 2.26. The average Bonchev–Trinajstić information content (AvgIpc) is 3.25. The molecule has 0 spiro atoms. The molecule has 0 aliphatic carbocycles. The van der Waals surface area contributed by atoms with Crippen molar-refractivity contribution in [3.8, 4) is 5.75 Å². The standard InChI is InChI=1S/C25H30N2O5Si/c1-6-33(4,5)20-13-7-17(8-14-20)15-21(28)24(18-9-11-19(31-3)12-10-18)27(2)25(30)22-16-23(29)26-32-22/h7-14,16,24H,6,15H2,1-5H3,(H,26,29). The predicted octanol–water partition coefficient (Wildman–Crippen LogP) is 3.54. The van der Waals surface area contributed by atoms with Crippen molar-refractivity contribution < 1.29 is 18.8 Å². The average molecular weight is 467 g/mol. The molecule has 8 heteroatoms. The molecule has 1 N–H and O–H groups in total. The van der Waals surface area contributed by atoms with Crippen molar-refractivity contribution in [3.63, 3.8) is 0 Å². The Bertz CT molecular complexity index is 1160. The van der Waals surface area contributed by atoms with Gasteiger partial charge in [-0.1, -0.05) is 67.6 Å². The van der Waals surface area contributed by atoms with Crippen molar-refractivity contribution >= 4 is 25.0 Å². The summed E-state index contributed by atoms with van der Waals surface area (Å²) in [4.78, 5) is 39.1. The fourth-order valence-corrected chi connectivity index (χ4v) is 5.14. The lowest BCUT2D eigenvalue weighted by molar-refractivity contribution is -0.122. The third-order valence-corrected chi connectivity index (χ3v) is 9.84. The van der Waals surface area contributed by atoms with Gasteiger partial charge in [0, 0.05) is 13.5 Å². The highest BCUT2D eigenvalue weighted by Gasteiger charge is 2.31. The van der Waals surface area contributed by atoms with Crippen LogP contribution in [0.5, 0.6) is 5.75 Å². The molecule has 0 saturated carbocycles. The summed E-state index contributed by atoms with van der Waals surface area (Å²) >= 11 is 0. The molecule has 1 heterocycles. The van der Waals surface area contributed by atoms with Gasteiger partial charge in [0.2, 0.25) is 5.76 Å². The molecule has 2 aromatic carbocycles. The number of Topliss-reactive ketones (excluding diaryl/α,β-unsaturated/α-hetero) is 1. The first kappa shape index (κ1) is 24.3. The van der Waals surface area contributed by atoms with Crippen LogP contribution in [-0.2, 0) is 11.2 Å². The second kappa shape index (κ2) is 10.0. The smallest absolute Gasteiger partial charge is 0.293 e. The van der Waals surface area contributed by atoms with E-state index in [4.69, 9.17) is 9.26 Å². The molecule has 0 fully saturated rings. The molecule has 0 saturated heterocycles. The van der Waals surface area contributed by atoms with E-state index in [0.717, 1.165) is 17.7 Å². The van der Waals surface area contributed by atoms with E-state index in [1.807, 2.05) is 12.1 Å². The largest absolute Gasteiger partial charge is 0.497 e. The molecule has 0 aliphatic heterocycles. The minimum absolute atomic E-state index is 0.145. The number of carbonyl (C=O) groups excluding carboxylic acids is 2. The Hall–Kier alpha value is -3.39. The second-order valence-electron chi connectivity index (χ2n) is 8.75. The van der Waals surface area contributed by atoms with E-state index in [2.05, 4.69) is 37.3 Å². The number of carbonyl (C=O) groups is 2. The normalized spacial score (nSPS) is 12.3. The van der Waals surface area contributed by atoms with Gasteiger partial charge < -0.3 is 14.2 Å². The van der Waals surface area contributed by atoms with Crippen molar-refractivity contribution in [2.45, 2.75) is 38.5 Å². The molecule has 7 nitrogen and oxygen atoms in total. The molecule has 3 rings (SSSR count). The van der Waals surface area contributed by atoms with Gasteiger partial charge in [-0.2, -0.15) is 5.16 Å². The lowest BCUT2D eigenvalue weighted by Crippen LogP contribution is -2.40. The summed E-state index contributed by atoms with van der Waals surface area (Å²) in [5.41, 5.74) is 1.01. The number of likely N-dealkylation sites (N-methyl/N-ethyl adjacent to an activating group) is 1. The minimum atomic E-state index is -1.46. The summed E-state index contributed by atoms with van der Waals surface area (Å²) in [6.45, 7) is 6.86. The van der Waals surface area contributed by atoms with Crippen LogP contribution in [0.2, 0.25) is 19.1 Å². The van der Waals surface area contributed by atoms with Gasteiger partial charge in [-0.3, -0.25) is 14.4 Å². The van der Waals surface area contributed by atoms with Crippen LogP contribution in [0.3, 0.4) is 0 Å². The van der Waals surface area contributed by atoms with Gasteiger partial charge in [0.05, 0.1) is 21.3 Å². The summed E-state index contributed by atoms with van der Waals surface area (Å²) < 4.78 is 10.2. The van der Waals surface area contributed by atoms with Crippen molar-refractivity contribution in [1.29, 1.82) is 0 Å². The Labute approximate surface area is 194 Å². The number of benzene rings is 2. The summed E-state index contributed by atoms with van der Waals surface area (Å²) in [7, 11) is 1.63. The van der Waals surface area contributed by atoms with E-state index in [0.29, 0.717) is 11.3 Å². The van der Waals surface area contributed by atoms with Crippen molar-refractivity contribution in [2.24, 2.45) is 0 Å². The van der Waals surface area contributed by atoms with Gasteiger partial charge in [0.25, 0.3) is 11.5 Å². The quantitative estimate of drug-likeness (QED) is 0.487. The zero-order chi connectivity index (χ0) is 24.2. The Kier molecular flexibility index (Phi) is 7.38. The lowest BCUT2D eigenvalue weighted by atomic mass is 9.96. The number of aromatic nitrogens is 1. The zero-order valence-corrected chi connectivity index (χ0v) is 20.7. The van der Waals surface area contributed by atoms with Gasteiger partial charge in [0.15, 0.2) is 5.78 Å². The Balaban J connectivity index is 1.90. The first-order chi connectivity index (χ1) is 15.7. The minimum Gasteiger partial charge on any atom is -0.497 e. The van der Waals surface area contributed by atoms with E-state index >= 15 is 0 Å². The number of H-pyrrole nitrogens is 1. The highest BCUT2D eigenvalue weighted by atomic mass is 28.3. The number of nitrogens with zero attached hydrogens (tertiary/aromatic N) is 1. The summed E-state index contributed by atoms with van der Waals surface area (Å²) in [5.74, 6) is -0.207. The molecule has 1 atom stereocenters. The van der Waals surface area contributed by atoms with Crippen molar-refractivity contribution in [2.75, 3.05) is 14.2 Å². The van der Waals surface area contributed by atoms with Crippen LogP contribution in [0, 0.1) is 0 Å². The molecule has 1 aromatic heterocycles. The molecular formula is C25H30N2O5Si. The number of hydrogen-bond donors (Lipinski definition) is 1. The fourth-order valence-electron chi connectivity index (χ4n) is 3.67. The molecule has 1 unspecified atom stereocenters. The summed E-state index contributed by atoms with van der Waals surface area (Å²) in [6.07, 6.45) is 0.166. The predicted molar refractivity (Wildman–Crippen MR) is 130 cm³/mol. The second-order valence-corrected chi connectivity index (χ2v) is 13.8. The third-order valence-electron chi connectivity index (χ3n) is 6.18. The van der Waals surface area contributed by atoms with Crippen LogP contribution in [0.4, 0.5) is 0 Å². The number of amides is 1. The molecular weight excluding hydrogens is 436 g/mol.